The van der Waals surface area contributed by atoms with Crippen molar-refractivity contribution < 1.29 is 17.9 Å². The van der Waals surface area contributed by atoms with Crippen LogP contribution in [0.1, 0.15) is 22.3 Å². The van der Waals surface area contributed by atoms with E-state index in [1.165, 1.54) is 27.7 Å². The average Bonchev–Trinajstić information content (AvgIpc) is 3.20. The van der Waals surface area contributed by atoms with Crippen molar-refractivity contribution in [2.75, 3.05) is 50.8 Å². The molecule has 160 valence electrons. The Kier molecular flexibility index (Phi) is 6.36. The van der Waals surface area contributed by atoms with Crippen LogP contribution < -0.4 is 10.2 Å². The molecule has 1 saturated heterocycles. The van der Waals surface area contributed by atoms with Crippen molar-refractivity contribution in [1.29, 1.82) is 0 Å². The summed E-state index contributed by atoms with van der Waals surface area (Å²) in [6.07, 6.45) is 1.92. The van der Waals surface area contributed by atoms with Gasteiger partial charge in [-0.1, -0.05) is 18.2 Å². The van der Waals surface area contributed by atoms with Crippen LogP contribution in [-0.4, -0.2) is 64.6 Å². The van der Waals surface area contributed by atoms with Gasteiger partial charge in [0, 0.05) is 44.0 Å². The topological polar surface area (TPSA) is 79.0 Å². The molecule has 0 unspecified atom stereocenters. The Morgan fingerprint density at radius 2 is 1.73 bits per heavy atom. The maximum atomic E-state index is 12.7. The molecule has 1 fully saturated rings. The van der Waals surface area contributed by atoms with E-state index in [0.717, 1.165) is 25.9 Å². The van der Waals surface area contributed by atoms with Crippen molar-refractivity contribution in [2.45, 2.75) is 17.7 Å². The minimum Gasteiger partial charge on any atom is -0.379 e. The number of rotatable bonds is 7. The summed E-state index contributed by atoms with van der Waals surface area (Å²) >= 11 is 0. The third-order valence-corrected chi connectivity index (χ3v) is 7.51. The average molecular weight is 430 g/mol. The second-order valence-corrected chi connectivity index (χ2v) is 9.45. The largest absolute Gasteiger partial charge is 0.379 e. The van der Waals surface area contributed by atoms with Gasteiger partial charge in [0.25, 0.3) is 5.91 Å². The molecule has 2 aliphatic rings. The first-order chi connectivity index (χ1) is 14.6. The summed E-state index contributed by atoms with van der Waals surface area (Å²) in [5, 5.41) is 2.93. The number of amides is 1. The first-order valence-electron chi connectivity index (χ1n) is 10.3. The van der Waals surface area contributed by atoms with Crippen molar-refractivity contribution in [2.24, 2.45) is 0 Å². The second kappa shape index (κ2) is 9.16. The van der Waals surface area contributed by atoms with Gasteiger partial charge in [0.2, 0.25) is 10.0 Å². The SMILES string of the molecule is O=C(NCCCN1CCc2ccccc21)c1ccc(S(=O)(=O)N2CCOCC2)cc1. The summed E-state index contributed by atoms with van der Waals surface area (Å²) in [5.41, 5.74) is 3.14. The predicted molar refractivity (Wildman–Crippen MR) is 115 cm³/mol. The van der Waals surface area contributed by atoms with Gasteiger partial charge in [0.05, 0.1) is 18.1 Å². The van der Waals surface area contributed by atoms with Gasteiger partial charge in [0.15, 0.2) is 0 Å². The maximum Gasteiger partial charge on any atom is 0.251 e. The van der Waals surface area contributed by atoms with Crippen molar-refractivity contribution in [3.63, 3.8) is 0 Å². The molecular weight excluding hydrogens is 402 g/mol. The quantitative estimate of drug-likeness (QED) is 0.680. The minimum absolute atomic E-state index is 0.188. The molecular formula is C22H27N3O4S. The number of fused-ring (bicyclic) bond motifs is 1. The number of para-hydroxylation sites is 1. The Morgan fingerprint density at radius 1 is 1.00 bits per heavy atom. The number of carbonyl (C=O) groups excluding carboxylic acids is 1. The van der Waals surface area contributed by atoms with Crippen molar-refractivity contribution in [3.05, 3.63) is 59.7 Å². The highest BCUT2D eigenvalue weighted by Gasteiger charge is 2.26. The zero-order valence-electron chi connectivity index (χ0n) is 16.9. The number of morpholine rings is 1. The monoisotopic (exact) mass is 429 g/mol. The second-order valence-electron chi connectivity index (χ2n) is 7.52. The van der Waals surface area contributed by atoms with Crippen LogP contribution in [0.2, 0.25) is 0 Å². The van der Waals surface area contributed by atoms with Crippen LogP contribution in [0.4, 0.5) is 5.69 Å². The van der Waals surface area contributed by atoms with Gasteiger partial charge in [-0.2, -0.15) is 4.31 Å². The van der Waals surface area contributed by atoms with E-state index in [2.05, 4.69) is 34.5 Å². The lowest BCUT2D eigenvalue weighted by molar-refractivity contribution is 0.0730. The van der Waals surface area contributed by atoms with E-state index in [9.17, 15) is 13.2 Å². The van der Waals surface area contributed by atoms with Crippen LogP contribution in [0.25, 0.3) is 0 Å². The van der Waals surface area contributed by atoms with E-state index in [4.69, 9.17) is 4.74 Å². The van der Waals surface area contributed by atoms with E-state index < -0.39 is 10.0 Å². The predicted octanol–water partition coefficient (Wildman–Crippen LogP) is 1.89. The minimum atomic E-state index is -3.54. The number of nitrogens with one attached hydrogen (secondary N) is 1. The Balaban J connectivity index is 1.27. The van der Waals surface area contributed by atoms with Crippen LogP contribution in [0.5, 0.6) is 0 Å². The highest BCUT2D eigenvalue weighted by Crippen LogP contribution is 2.27. The molecule has 2 aliphatic heterocycles. The van der Waals surface area contributed by atoms with E-state index in [-0.39, 0.29) is 10.8 Å². The van der Waals surface area contributed by atoms with Crippen LogP contribution >= 0.6 is 0 Å². The van der Waals surface area contributed by atoms with E-state index in [1.54, 1.807) is 12.1 Å². The Bertz CT molecular complexity index is 986. The third kappa shape index (κ3) is 4.50. The fourth-order valence-corrected chi connectivity index (χ4v) is 5.34. The van der Waals surface area contributed by atoms with Gasteiger partial charge < -0.3 is 15.0 Å². The van der Waals surface area contributed by atoms with Gasteiger partial charge in [-0.3, -0.25) is 4.79 Å². The number of hydrogen-bond donors (Lipinski definition) is 1. The lowest BCUT2D eigenvalue weighted by Gasteiger charge is -2.26. The third-order valence-electron chi connectivity index (χ3n) is 5.60. The first-order valence-corrected chi connectivity index (χ1v) is 11.8. The maximum absolute atomic E-state index is 12.7. The molecule has 0 spiro atoms. The van der Waals surface area contributed by atoms with Crippen molar-refractivity contribution >= 4 is 21.6 Å². The highest BCUT2D eigenvalue weighted by molar-refractivity contribution is 7.89. The number of carbonyl (C=O) groups is 1. The van der Waals surface area contributed by atoms with Gasteiger partial charge >= 0.3 is 0 Å². The zero-order chi connectivity index (χ0) is 21.0. The molecule has 30 heavy (non-hydrogen) atoms. The lowest BCUT2D eigenvalue weighted by Crippen LogP contribution is -2.40. The van der Waals surface area contributed by atoms with Gasteiger partial charge in [-0.25, -0.2) is 8.42 Å². The molecule has 7 nitrogen and oxygen atoms in total. The molecule has 0 radical (unpaired) electrons. The zero-order valence-corrected chi connectivity index (χ0v) is 17.7. The van der Waals surface area contributed by atoms with Gasteiger partial charge in [-0.15, -0.1) is 0 Å². The van der Waals surface area contributed by atoms with Gasteiger partial charge in [0.1, 0.15) is 0 Å². The molecule has 0 atom stereocenters. The number of benzene rings is 2. The molecule has 0 bridgehead atoms. The summed E-state index contributed by atoms with van der Waals surface area (Å²) in [4.78, 5) is 15.0. The summed E-state index contributed by atoms with van der Waals surface area (Å²) < 4.78 is 32.0. The molecule has 0 aliphatic carbocycles. The molecule has 1 N–H and O–H groups in total. The van der Waals surface area contributed by atoms with Crippen LogP contribution in [-0.2, 0) is 21.2 Å². The normalized spacial score (nSPS) is 17.0. The number of nitrogens with zero attached hydrogens (tertiary/aromatic N) is 2. The van der Waals surface area contributed by atoms with Crippen LogP contribution in [0, 0.1) is 0 Å². The van der Waals surface area contributed by atoms with Crippen LogP contribution in [0.3, 0.4) is 0 Å². The standard InChI is InChI=1S/C22H27N3O4S/c26-22(23-11-3-12-24-13-10-18-4-1-2-5-21(18)24)19-6-8-20(9-7-19)30(27,28)25-14-16-29-17-15-25/h1-2,4-9H,3,10-17H2,(H,23,26). The molecule has 0 aromatic heterocycles. The molecule has 2 aromatic carbocycles. The molecule has 2 heterocycles. The summed E-state index contributed by atoms with van der Waals surface area (Å²) in [5.74, 6) is -0.188. The number of anilines is 1. The number of sulfonamides is 1. The lowest BCUT2D eigenvalue weighted by atomic mass is 10.2. The molecule has 2 aromatic rings. The summed E-state index contributed by atoms with van der Waals surface area (Å²) in [6, 6.07) is 14.6. The summed E-state index contributed by atoms with van der Waals surface area (Å²) in [6.45, 7) is 4.01. The first kappa shape index (κ1) is 20.8. The fraction of sp³-hybridized carbons (Fsp3) is 0.409. The Hall–Kier alpha value is -2.42. The molecule has 4 rings (SSSR count). The summed E-state index contributed by atoms with van der Waals surface area (Å²) in [7, 11) is -3.54. The number of hydrogen-bond acceptors (Lipinski definition) is 5. The van der Waals surface area contributed by atoms with E-state index in [0.29, 0.717) is 38.4 Å². The molecule has 1 amide bonds. The Morgan fingerprint density at radius 3 is 2.50 bits per heavy atom. The smallest absolute Gasteiger partial charge is 0.251 e. The highest BCUT2D eigenvalue weighted by atomic mass is 32.2. The molecule has 8 heteroatoms. The van der Waals surface area contributed by atoms with Crippen LogP contribution in [0.15, 0.2) is 53.4 Å². The van der Waals surface area contributed by atoms with E-state index >= 15 is 0 Å². The Labute approximate surface area is 177 Å². The fourth-order valence-electron chi connectivity index (χ4n) is 3.93. The molecule has 0 saturated carbocycles. The van der Waals surface area contributed by atoms with Gasteiger partial charge in [-0.05, 0) is 48.7 Å². The van der Waals surface area contributed by atoms with Crippen molar-refractivity contribution in [1.82, 2.24) is 9.62 Å². The number of ether oxygens (including phenoxy) is 1. The van der Waals surface area contributed by atoms with E-state index in [1.807, 2.05) is 0 Å². The van der Waals surface area contributed by atoms with Crippen molar-refractivity contribution in [3.8, 4) is 0 Å².